The summed E-state index contributed by atoms with van der Waals surface area (Å²) >= 11 is 6.52. The molecule has 0 amide bonds. The largest absolute Gasteiger partial charge is 0.418 e. The average molecular weight is 655 g/mol. The minimum absolute atomic E-state index is 0.00849. The molecule has 4 radical (unpaired) electrons. The standard InChI is InChI=1S/C31H43ClN4O4Si3/c1-19-24(16-15-22(18-33)25(19)32)34-26(20(2)40-43(10,11)30(3,4)5)28-36-35-27(37-28)21-13-12-14-23(17-21)31(6,7)29(38-41-8)39-42-9/h12-17,20,26,29,34H,1-11H3/t20-,26+/m0/s1. The summed E-state index contributed by atoms with van der Waals surface area (Å²) in [4.78, 5) is 0. The van der Waals surface area contributed by atoms with E-state index in [1.54, 1.807) is 6.07 Å². The smallest absolute Gasteiger partial charge is 0.247 e. The van der Waals surface area contributed by atoms with Gasteiger partial charge in [-0.05, 0) is 80.5 Å². The van der Waals surface area contributed by atoms with Crippen LogP contribution in [-0.2, 0) is 18.7 Å². The van der Waals surface area contributed by atoms with Gasteiger partial charge >= 0.3 is 0 Å². The quantitative estimate of drug-likeness (QED) is 0.146. The van der Waals surface area contributed by atoms with E-state index in [-0.39, 0.29) is 17.4 Å². The highest BCUT2D eigenvalue weighted by atomic mass is 35.5. The van der Waals surface area contributed by atoms with Gasteiger partial charge < -0.3 is 23.0 Å². The molecule has 0 aliphatic rings. The molecule has 12 heteroatoms. The molecule has 0 aliphatic heterocycles. The lowest BCUT2D eigenvalue weighted by atomic mass is 9.83. The average Bonchev–Trinajstić information content (AvgIpc) is 3.43. The van der Waals surface area contributed by atoms with Gasteiger partial charge in [0.2, 0.25) is 31.3 Å². The fraction of sp³-hybridized carbons (Fsp3) is 0.516. The van der Waals surface area contributed by atoms with Crippen molar-refractivity contribution in [1.82, 2.24) is 10.2 Å². The van der Waals surface area contributed by atoms with Gasteiger partial charge in [0.25, 0.3) is 0 Å². The van der Waals surface area contributed by atoms with E-state index in [0.29, 0.717) is 41.9 Å². The third kappa shape index (κ3) is 8.05. The fourth-order valence-corrected chi connectivity index (χ4v) is 7.22. The predicted octanol–water partition coefficient (Wildman–Crippen LogP) is 8.11. The molecule has 0 unspecified atom stereocenters. The zero-order valence-electron chi connectivity index (χ0n) is 27.0. The first kappa shape index (κ1) is 35.2. The summed E-state index contributed by atoms with van der Waals surface area (Å²) in [5.74, 6) is 0.802. The van der Waals surface area contributed by atoms with Gasteiger partial charge in [-0.25, -0.2) is 0 Å². The molecule has 0 fully saturated rings. The highest BCUT2D eigenvalue weighted by Crippen LogP contribution is 2.40. The normalized spacial score (nSPS) is 14.0. The minimum Gasteiger partial charge on any atom is -0.418 e. The predicted molar refractivity (Wildman–Crippen MR) is 177 cm³/mol. The van der Waals surface area contributed by atoms with Crippen LogP contribution in [0.3, 0.4) is 0 Å². The molecule has 0 aliphatic carbocycles. The lowest BCUT2D eigenvalue weighted by Gasteiger charge is -2.40. The van der Waals surface area contributed by atoms with Crippen molar-refractivity contribution in [2.75, 3.05) is 5.32 Å². The van der Waals surface area contributed by atoms with Crippen LogP contribution in [0.15, 0.2) is 40.8 Å². The molecule has 3 aromatic rings. The minimum atomic E-state index is -2.15. The second-order valence-electron chi connectivity index (χ2n) is 12.6. The Morgan fingerprint density at radius 2 is 1.70 bits per heavy atom. The molecule has 1 N–H and O–H groups in total. The number of nitrogens with one attached hydrogen (secondary N) is 1. The molecule has 0 saturated carbocycles. The summed E-state index contributed by atoms with van der Waals surface area (Å²) in [6.45, 7) is 23.2. The van der Waals surface area contributed by atoms with Gasteiger partial charge in [-0.15, -0.1) is 10.2 Å². The summed E-state index contributed by atoms with van der Waals surface area (Å²) in [5.41, 5.74) is 3.38. The van der Waals surface area contributed by atoms with Gasteiger partial charge in [0, 0.05) is 16.7 Å². The number of hydrogen-bond donors (Lipinski definition) is 1. The Balaban J connectivity index is 2.03. The summed E-state index contributed by atoms with van der Waals surface area (Å²) in [6, 6.07) is 13.3. The molecule has 230 valence electrons. The SMILES string of the molecule is C[Si]OC(O[Si]C)C(C)(C)c1cccc(-c2nnc([C@H](Nc3ccc(C#N)c(Cl)c3C)[C@H](C)O[Si](C)(C)C(C)(C)C)o2)c1. The number of rotatable bonds is 13. The van der Waals surface area contributed by atoms with Crippen molar-refractivity contribution in [2.24, 2.45) is 0 Å². The maximum absolute atomic E-state index is 9.43. The van der Waals surface area contributed by atoms with Gasteiger partial charge in [-0.1, -0.05) is 58.4 Å². The Hall–Kier alpha value is -2.31. The highest BCUT2D eigenvalue weighted by Gasteiger charge is 2.41. The number of benzene rings is 2. The van der Waals surface area contributed by atoms with E-state index < -0.39 is 19.8 Å². The van der Waals surface area contributed by atoms with Crippen LogP contribution in [0.1, 0.15) is 70.2 Å². The van der Waals surface area contributed by atoms with Crippen LogP contribution in [0.2, 0.25) is 36.2 Å². The van der Waals surface area contributed by atoms with Crippen LogP contribution in [0, 0.1) is 18.3 Å². The van der Waals surface area contributed by atoms with E-state index in [4.69, 9.17) is 29.3 Å². The summed E-state index contributed by atoms with van der Waals surface area (Å²) < 4.78 is 25.1. The maximum Gasteiger partial charge on any atom is 0.247 e. The van der Waals surface area contributed by atoms with Crippen LogP contribution < -0.4 is 5.32 Å². The van der Waals surface area contributed by atoms with Gasteiger partial charge in [0.15, 0.2) is 8.32 Å². The molecule has 1 heterocycles. The lowest BCUT2D eigenvalue weighted by molar-refractivity contribution is -0.0433. The molecular weight excluding hydrogens is 612 g/mol. The van der Waals surface area contributed by atoms with Crippen molar-refractivity contribution >= 4 is 45.1 Å². The number of halogens is 1. The number of aromatic nitrogens is 2. The molecule has 2 aromatic carbocycles. The van der Waals surface area contributed by atoms with Gasteiger partial charge in [0.1, 0.15) is 18.4 Å². The van der Waals surface area contributed by atoms with E-state index in [1.807, 2.05) is 45.1 Å². The first-order valence-corrected chi connectivity index (χ1v) is 20.4. The first-order valence-electron chi connectivity index (χ1n) is 14.3. The van der Waals surface area contributed by atoms with Crippen molar-refractivity contribution < 1.29 is 17.7 Å². The van der Waals surface area contributed by atoms with Crippen LogP contribution in [0.5, 0.6) is 0 Å². The van der Waals surface area contributed by atoms with Crippen LogP contribution in [0.25, 0.3) is 11.5 Å². The topological polar surface area (TPSA) is 102 Å². The van der Waals surface area contributed by atoms with E-state index in [0.717, 1.165) is 22.4 Å². The molecule has 8 nitrogen and oxygen atoms in total. The second kappa shape index (κ2) is 14.2. The Morgan fingerprint density at radius 3 is 2.28 bits per heavy atom. The van der Waals surface area contributed by atoms with Crippen molar-refractivity contribution in [3.05, 3.63) is 64.0 Å². The van der Waals surface area contributed by atoms with Crippen LogP contribution in [-0.4, -0.2) is 50.4 Å². The maximum atomic E-state index is 9.43. The molecule has 3 rings (SSSR count). The van der Waals surface area contributed by atoms with Gasteiger partial charge in [0.05, 0.1) is 16.7 Å². The van der Waals surface area contributed by atoms with Crippen molar-refractivity contribution in [2.45, 2.75) is 104 Å². The highest BCUT2D eigenvalue weighted by molar-refractivity contribution is 6.74. The lowest BCUT2D eigenvalue weighted by Crippen LogP contribution is -2.45. The number of hydrogen-bond acceptors (Lipinski definition) is 8. The van der Waals surface area contributed by atoms with Gasteiger partial charge in [-0.3, -0.25) is 0 Å². The van der Waals surface area contributed by atoms with Crippen molar-refractivity contribution in [1.29, 1.82) is 5.26 Å². The fourth-order valence-electron chi connectivity index (χ4n) is 4.38. The third-order valence-electron chi connectivity index (χ3n) is 8.17. The van der Waals surface area contributed by atoms with Crippen molar-refractivity contribution in [3.8, 4) is 17.5 Å². The Kier molecular flexibility index (Phi) is 11.6. The molecule has 0 spiro atoms. The third-order valence-corrected chi connectivity index (χ3v) is 14.1. The summed E-state index contributed by atoms with van der Waals surface area (Å²) in [6.07, 6.45) is -0.690. The first-order chi connectivity index (χ1) is 20.1. The van der Waals surface area contributed by atoms with Gasteiger partial charge in [-0.2, -0.15) is 5.26 Å². The summed E-state index contributed by atoms with van der Waals surface area (Å²) in [7, 11) is -1.53. The van der Waals surface area contributed by atoms with E-state index in [1.165, 1.54) is 0 Å². The molecule has 2 atom stereocenters. The number of nitriles is 1. The zero-order chi connectivity index (χ0) is 32.2. The Bertz CT molecular complexity index is 1430. The number of anilines is 1. The number of nitrogens with zero attached hydrogens (tertiary/aromatic N) is 3. The van der Waals surface area contributed by atoms with E-state index >= 15 is 0 Å². The second-order valence-corrected chi connectivity index (χ2v) is 19.1. The molecule has 0 saturated heterocycles. The van der Waals surface area contributed by atoms with E-state index in [9.17, 15) is 5.26 Å². The monoisotopic (exact) mass is 654 g/mol. The van der Waals surface area contributed by atoms with Crippen LogP contribution in [0.4, 0.5) is 5.69 Å². The molecular formula is C31H43ClN4O4Si3. The summed E-state index contributed by atoms with van der Waals surface area (Å²) in [5, 5.41) is 22.4. The molecule has 0 bridgehead atoms. The van der Waals surface area contributed by atoms with E-state index in [2.05, 4.69) is 81.4 Å². The van der Waals surface area contributed by atoms with Crippen LogP contribution >= 0.6 is 11.6 Å². The molecule has 1 aromatic heterocycles. The zero-order valence-corrected chi connectivity index (χ0v) is 30.8. The Morgan fingerprint density at radius 1 is 1.05 bits per heavy atom. The Labute approximate surface area is 267 Å². The molecule has 43 heavy (non-hydrogen) atoms. The van der Waals surface area contributed by atoms with Crippen molar-refractivity contribution in [3.63, 3.8) is 0 Å².